The van der Waals surface area contributed by atoms with Crippen molar-refractivity contribution in [1.29, 1.82) is 0 Å². The molecule has 0 spiro atoms. The number of allylic oxidation sites excluding steroid dienone is 2. The maximum atomic E-state index is 12.7. The summed E-state index contributed by atoms with van der Waals surface area (Å²) < 4.78 is 5.02. The van der Waals surface area contributed by atoms with Gasteiger partial charge in [0.15, 0.2) is 6.61 Å². The Morgan fingerprint density at radius 2 is 1.79 bits per heavy atom. The van der Waals surface area contributed by atoms with Gasteiger partial charge in [0.25, 0.3) is 5.91 Å². The molecule has 1 N–H and O–H groups in total. The number of hydrogen-bond donors (Lipinski definition) is 1. The van der Waals surface area contributed by atoms with Crippen LogP contribution in [0.3, 0.4) is 0 Å². The fraction of sp³-hybridized carbons (Fsp3) is 0.400. The molecule has 7 nitrogen and oxygen atoms in total. The second kappa shape index (κ2) is 7.46. The van der Waals surface area contributed by atoms with Gasteiger partial charge in [-0.2, -0.15) is 0 Å². The lowest BCUT2D eigenvalue weighted by Gasteiger charge is -2.23. The van der Waals surface area contributed by atoms with E-state index in [9.17, 15) is 19.2 Å². The number of likely N-dealkylation sites (tertiary alicyclic amines) is 1. The number of carbonyl (C=O) groups excluding carboxylic acids is 4. The van der Waals surface area contributed by atoms with Gasteiger partial charge in [0, 0.05) is 5.02 Å². The third kappa shape index (κ3) is 3.42. The van der Waals surface area contributed by atoms with Crippen molar-refractivity contribution in [2.75, 3.05) is 11.9 Å². The van der Waals surface area contributed by atoms with Crippen LogP contribution in [0, 0.1) is 23.7 Å². The molecule has 5 atom stereocenters. The number of carbonyl (C=O) groups is 4. The maximum Gasteiger partial charge on any atom is 0.329 e. The molecule has 1 saturated heterocycles. The molecule has 1 aromatic carbocycles. The molecule has 1 aliphatic heterocycles. The molecule has 1 heterocycles. The summed E-state index contributed by atoms with van der Waals surface area (Å²) in [5.74, 6) is -2.74. The average molecular weight is 437 g/mol. The van der Waals surface area contributed by atoms with Crippen LogP contribution in [-0.4, -0.2) is 41.2 Å². The summed E-state index contributed by atoms with van der Waals surface area (Å²) in [4.78, 5) is 50.9. The van der Waals surface area contributed by atoms with E-state index in [-0.39, 0.29) is 40.5 Å². The number of nitrogens with zero attached hydrogens (tertiary/aromatic N) is 1. The highest BCUT2D eigenvalue weighted by molar-refractivity contribution is 6.36. The summed E-state index contributed by atoms with van der Waals surface area (Å²) in [6.07, 6.45) is 4.78. The van der Waals surface area contributed by atoms with E-state index >= 15 is 0 Å². The average Bonchev–Trinajstić information content (AvgIpc) is 3.35. The molecule has 4 rings (SSSR count). The van der Waals surface area contributed by atoms with E-state index in [1.54, 1.807) is 6.07 Å². The molecule has 3 aliphatic rings. The molecule has 1 aromatic rings. The summed E-state index contributed by atoms with van der Waals surface area (Å²) >= 11 is 11.8. The Hall–Kier alpha value is -2.38. The van der Waals surface area contributed by atoms with Crippen LogP contribution in [0.15, 0.2) is 30.4 Å². The number of anilines is 1. The Kier molecular flexibility index (Phi) is 5.12. The van der Waals surface area contributed by atoms with Crippen molar-refractivity contribution < 1.29 is 23.9 Å². The summed E-state index contributed by atoms with van der Waals surface area (Å²) in [5.41, 5.74) is 0.325. The quantitative estimate of drug-likeness (QED) is 0.435. The minimum absolute atomic E-state index is 0.0598. The molecule has 0 aromatic heterocycles. The molecule has 1 saturated carbocycles. The van der Waals surface area contributed by atoms with Crippen LogP contribution in [0.2, 0.25) is 10.0 Å². The first-order chi connectivity index (χ1) is 13.8. The third-order valence-corrected chi connectivity index (χ3v) is 6.33. The lowest BCUT2D eigenvalue weighted by molar-refractivity contribution is -0.159. The predicted octanol–water partition coefficient (Wildman–Crippen LogP) is 2.67. The molecular weight excluding hydrogens is 419 g/mol. The minimum Gasteiger partial charge on any atom is -0.454 e. The van der Waals surface area contributed by atoms with Crippen molar-refractivity contribution in [2.45, 2.75) is 19.4 Å². The molecule has 2 fully saturated rings. The summed E-state index contributed by atoms with van der Waals surface area (Å²) in [6, 6.07) is 3.46. The Bertz CT molecular complexity index is 917. The van der Waals surface area contributed by atoms with Gasteiger partial charge in [0.2, 0.25) is 11.8 Å². The van der Waals surface area contributed by atoms with Crippen molar-refractivity contribution >= 4 is 52.6 Å². The number of rotatable bonds is 5. The van der Waals surface area contributed by atoms with Crippen LogP contribution in [0.25, 0.3) is 0 Å². The van der Waals surface area contributed by atoms with Crippen molar-refractivity contribution in [3.05, 3.63) is 40.4 Å². The van der Waals surface area contributed by atoms with E-state index in [0.717, 1.165) is 11.3 Å². The van der Waals surface area contributed by atoms with Gasteiger partial charge in [0.1, 0.15) is 6.04 Å². The number of nitrogens with one attached hydrogen (secondary N) is 1. The number of amides is 3. The lowest BCUT2D eigenvalue weighted by Crippen LogP contribution is -2.45. The fourth-order valence-electron chi connectivity index (χ4n) is 4.45. The van der Waals surface area contributed by atoms with Crippen LogP contribution in [0.4, 0.5) is 5.69 Å². The van der Waals surface area contributed by atoms with Gasteiger partial charge in [-0.15, -0.1) is 0 Å². The van der Waals surface area contributed by atoms with Crippen LogP contribution >= 0.6 is 23.2 Å². The van der Waals surface area contributed by atoms with Crippen LogP contribution in [0.1, 0.15) is 13.3 Å². The molecule has 2 aliphatic carbocycles. The monoisotopic (exact) mass is 436 g/mol. The van der Waals surface area contributed by atoms with Crippen molar-refractivity contribution in [1.82, 2.24) is 4.90 Å². The highest BCUT2D eigenvalue weighted by Gasteiger charge is 2.60. The van der Waals surface area contributed by atoms with Crippen LogP contribution < -0.4 is 5.32 Å². The van der Waals surface area contributed by atoms with Crippen LogP contribution in [-0.2, 0) is 23.9 Å². The number of hydrogen-bond acceptors (Lipinski definition) is 5. The summed E-state index contributed by atoms with van der Waals surface area (Å²) in [7, 11) is 0. The molecule has 152 valence electrons. The zero-order chi connectivity index (χ0) is 20.9. The zero-order valence-electron chi connectivity index (χ0n) is 15.4. The fourth-order valence-corrected chi connectivity index (χ4v) is 4.90. The maximum absolute atomic E-state index is 12.7. The molecule has 2 bridgehead atoms. The number of ether oxygens (including phenoxy) is 1. The zero-order valence-corrected chi connectivity index (χ0v) is 16.9. The number of benzene rings is 1. The third-order valence-electron chi connectivity index (χ3n) is 5.78. The normalized spacial score (nSPS) is 27.9. The summed E-state index contributed by atoms with van der Waals surface area (Å²) in [5, 5.41) is 3.17. The first-order valence-corrected chi connectivity index (χ1v) is 10.0. The second-order valence-electron chi connectivity index (χ2n) is 7.50. The molecule has 0 unspecified atom stereocenters. The topological polar surface area (TPSA) is 92.8 Å². The van der Waals surface area contributed by atoms with E-state index in [2.05, 4.69) is 5.32 Å². The highest BCUT2D eigenvalue weighted by Crippen LogP contribution is 2.52. The van der Waals surface area contributed by atoms with E-state index in [0.29, 0.717) is 10.7 Å². The molecule has 29 heavy (non-hydrogen) atoms. The van der Waals surface area contributed by atoms with Crippen molar-refractivity contribution in [3.63, 3.8) is 0 Å². The largest absolute Gasteiger partial charge is 0.454 e. The second-order valence-corrected chi connectivity index (χ2v) is 8.35. The molecule has 3 amide bonds. The SMILES string of the molecule is C[C@@H](C(=O)OCC(=O)Nc1ccc(Cl)cc1Cl)N1C(=O)[C@@H]2[C@H](C1=O)[C@H]1C=C[C@H]2C1. The smallest absolute Gasteiger partial charge is 0.329 e. The molecule has 0 radical (unpaired) electrons. The van der Waals surface area contributed by atoms with Crippen LogP contribution in [0.5, 0.6) is 0 Å². The highest BCUT2D eigenvalue weighted by atomic mass is 35.5. The van der Waals surface area contributed by atoms with Gasteiger partial charge >= 0.3 is 5.97 Å². The number of esters is 1. The van der Waals surface area contributed by atoms with E-state index in [4.69, 9.17) is 27.9 Å². The van der Waals surface area contributed by atoms with Crippen molar-refractivity contribution in [3.8, 4) is 0 Å². The predicted molar refractivity (Wildman–Crippen MR) is 105 cm³/mol. The molecule has 9 heteroatoms. The number of fused-ring (bicyclic) bond motifs is 5. The minimum atomic E-state index is -1.09. The number of halogens is 2. The van der Waals surface area contributed by atoms with E-state index in [1.165, 1.54) is 19.1 Å². The van der Waals surface area contributed by atoms with E-state index in [1.807, 2.05) is 12.2 Å². The van der Waals surface area contributed by atoms with Gasteiger partial charge in [-0.3, -0.25) is 19.3 Å². The first kappa shape index (κ1) is 19.9. The Morgan fingerprint density at radius 1 is 1.17 bits per heavy atom. The molecular formula is C20H18Cl2N2O5. The van der Waals surface area contributed by atoms with Gasteiger partial charge in [-0.05, 0) is 43.4 Å². The van der Waals surface area contributed by atoms with Gasteiger partial charge in [-0.1, -0.05) is 35.4 Å². The Labute approximate surface area is 177 Å². The number of imide groups is 1. The Morgan fingerprint density at radius 3 is 2.38 bits per heavy atom. The first-order valence-electron chi connectivity index (χ1n) is 9.24. The van der Waals surface area contributed by atoms with E-state index < -0.39 is 24.5 Å². The Balaban J connectivity index is 1.35. The lowest BCUT2D eigenvalue weighted by atomic mass is 9.85. The summed E-state index contributed by atoms with van der Waals surface area (Å²) in [6.45, 7) is 0.862. The standard InChI is InChI=1S/C20H18Cl2N2O5/c1-9(24-18(26)16-10-2-3-11(6-10)17(16)19(24)27)20(28)29-8-15(25)23-14-5-4-12(21)7-13(14)22/h2-5,7,9-11,16-17H,6,8H2,1H3,(H,23,25)/t9-,10-,11-,16-,17+/m0/s1. The van der Waals surface area contributed by atoms with Gasteiger partial charge in [0.05, 0.1) is 22.5 Å². The van der Waals surface area contributed by atoms with Crippen molar-refractivity contribution in [2.24, 2.45) is 23.7 Å². The van der Waals surface area contributed by atoms with Gasteiger partial charge < -0.3 is 10.1 Å². The van der Waals surface area contributed by atoms with Gasteiger partial charge in [-0.25, -0.2) is 4.79 Å².